The SMILES string of the molecule is CCCNC(=O)[C@@H]1[C@H]2C(=O)N([C@@H](CC)CO)C(C(=O)NCn3nnc4ccccc43)C23CC[C@@]1(CC)O3. The number of benzene rings is 1. The van der Waals surface area contributed by atoms with Crippen molar-refractivity contribution in [2.24, 2.45) is 11.8 Å². The minimum atomic E-state index is -1.13. The van der Waals surface area contributed by atoms with Crippen molar-refractivity contribution in [1.82, 2.24) is 30.5 Å². The Morgan fingerprint density at radius 2 is 1.97 bits per heavy atom. The molecule has 2 unspecified atom stereocenters. The Kier molecular flexibility index (Phi) is 6.70. The van der Waals surface area contributed by atoms with Crippen molar-refractivity contribution in [1.29, 1.82) is 0 Å². The van der Waals surface area contributed by atoms with E-state index in [1.165, 1.54) is 4.90 Å². The number of hydrogen-bond acceptors (Lipinski definition) is 7. The molecule has 3 N–H and O–H groups in total. The molecule has 0 aliphatic carbocycles. The van der Waals surface area contributed by atoms with E-state index in [0.717, 1.165) is 11.9 Å². The summed E-state index contributed by atoms with van der Waals surface area (Å²) in [6, 6.07) is 5.92. The first-order valence-corrected chi connectivity index (χ1v) is 13.3. The molecule has 0 saturated carbocycles. The van der Waals surface area contributed by atoms with Gasteiger partial charge in [-0.05, 0) is 44.2 Å². The van der Waals surface area contributed by atoms with Crippen molar-refractivity contribution in [2.45, 2.75) is 82.8 Å². The monoisotopic (exact) mass is 512 g/mol. The van der Waals surface area contributed by atoms with Gasteiger partial charge in [-0.1, -0.05) is 38.1 Å². The molecule has 3 saturated heterocycles. The first-order chi connectivity index (χ1) is 17.9. The lowest BCUT2D eigenvalue weighted by atomic mass is 9.65. The largest absolute Gasteiger partial charge is 0.394 e. The summed E-state index contributed by atoms with van der Waals surface area (Å²) in [4.78, 5) is 42.9. The van der Waals surface area contributed by atoms with Gasteiger partial charge in [-0.15, -0.1) is 5.10 Å². The summed E-state index contributed by atoms with van der Waals surface area (Å²) in [6.45, 7) is 6.10. The summed E-state index contributed by atoms with van der Waals surface area (Å²) in [5.74, 6) is -2.33. The maximum Gasteiger partial charge on any atom is 0.247 e. The molecule has 11 nitrogen and oxygen atoms in total. The number of para-hydroxylation sites is 1. The topological polar surface area (TPSA) is 139 Å². The summed E-state index contributed by atoms with van der Waals surface area (Å²) in [6.07, 6.45) is 2.91. The lowest BCUT2D eigenvalue weighted by Crippen LogP contribution is -2.58. The van der Waals surface area contributed by atoms with Crippen LogP contribution in [-0.2, 0) is 25.8 Å². The Morgan fingerprint density at radius 3 is 2.68 bits per heavy atom. The molecule has 1 aromatic heterocycles. The number of hydrogen-bond donors (Lipinski definition) is 3. The van der Waals surface area contributed by atoms with Gasteiger partial charge in [0.1, 0.15) is 23.8 Å². The van der Waals surface area contributed by atoms with Gasteiger partial charge in [0.25, 0.3) is 0 Å². The fraction of sp³-hybridized carbons (Fsp3) is 0.654. The third-order valence-electron chi connectivity index (χ3n) is 8.60. The highest BCUT2D eigenvalue weighted by Crippen LogP contribution is 2.64. The molecule has 3 aliphatic heterocycles. The summed E-state index contributed by atoms with van der Waals surface area (Å²) in [7, 11) is 0. The van der Waals surface area contributed by atoms with E-state index in [1.54, 1.807) is 4.68 Å². The number of carbonyl (C=O) groups excluding carboxylic acids is 3. The highest BCUT2D eigenvalue weighted by molar-refractivity contribution is 5.99. The quantitative estimate of drug-likeness (QED) is 0.431. The number of ether oxygens (including phenoxy) is 1. The standard InChI is InChI=1S/C26H36N6O5/c1-4-13-27-22(34)19-20-24(36)32(16(5-2)14-33)21(26(20)12-11-25(19,6-3)37-26)23(35)28-15-31-18-10-8-7-9-17(18)29-30-31/h7-10,16,19-21,33H,4-6,11-15H2,1-3H3,(H,27,34)(H,28,35)/t16-,19-,20-,21?,25+,26?/m0/s1. The van der Waals surface area contributed by atoms with Crippen molar-refractivity contribution in [3.05, 3.63) is 24.3 Å². The number of nitrogens with zero attached hydrogens (tertiary/aromatic N) is 4. The van der Waals surface area contributed by atoms with Crippen molar-refractivity contribution in [3.63, 3.8) is 0 Å². The molecule has 2 aromatic rings. The van der Waals surface area contributed by atoms with Crippen LogP contribution in [0.15, 0.2) is 24.3 Å². The van der Waals surface area contributed by atoms with Crippen LogP contribution in [0.2, 0.25) is 0 Å². The highest BCUT2D eigenvalue weighted by atomic mass is 16.5. The van der Waals surface area contributed by atoms with Crippen LogP contribution in [0, 0.1) is 11.8 Å². The van der Waals surface area contributed by atoms with Gasteiger partial charge in [-0.3, -0.25) is 14.4 Å². The highest BCUT2D eigenvalue weighted by Gasteiger charge is 2.79. The minimum absolute atomic E-state index is 0.0634. The van der Waals surface area contributed by atoms with Crippen LogP contribution < -0.4 is 10.6 Å². The van der Waals surface area contributed by atoms with Crippen molar-refractivity contribution >= 4 is 28.8 Å². The summed E-state index contributed by atoms with van der Waals surface area (Å²) >= 11 is 0. The lowest BCUT2D eigenvalue weighted by Gasteiger charge is -2.37. The van der Waals surface area contributed by atoms with E-state index in [2.05, 4.69) is 20.9 Å². The van der Waals surface area contributed by atoms with Crippen molar-refractivity contribution in [2.75, 3.05) is 13.2 Å². The van der Waals surface area contributed by atoms with Gasteiger partial charge in [-0.2, -0.15) is 0 Å². The smallest absolute Gasteiger partial charge is 0.247 e. The van der Waals surface area contributed by atoms with E-state index in [-0.39, 0.29) is 31.0 Å². The predicted molar refractivity (Wildman–Crippen MR) is 134 cm³/mol. The van der Waals surface area contributed by atoms with E-state index in [1.807, 2.05) is 45.0 Å². The van der Waals surface area contributed by atoms with E-state index in [4.69, 9.17) is 4.74 Å². The second kappa shape index (κ2) is 9.68. The van der Waals surface area contributed by atoms with Crippen LogP contribution in [0.1, 0.15) is 52.9 Å². The molecule has 3 aliphatic rings. The van der Waals surface area contributed by atoms with Crippen LogP contribution in [0.3, 0.4) is 0 Å². The Labute approximate surface area is 215 Å². The van der Waals surface area contributed by atoms with Crippen LogP contribution in [0.5, 0.6) is 0 Å². The van der Waals surface area contributed by atoms with Crippen LogP contribution in [-0.4, -0.2) is 79.2 Å². The van der Waals surface area contributed by atoms with Gasteiger partial charge in [0.05, 0.1) is 35.6 Å². The van der Waals surface area contributed by atoms with E-state index < -0.39 is 35.1 Å². The Bertz CT molecular complexity index is 1200. The minimum Gasteiger partial charge on any atom is -0.394 e. The fourth-order valence-corrected chi connectivity index (χ4v) is 6.80. The van der Waals surface area contributed by atoms with E-state index in [9.17, 15) is 19.5 Å². The average Bonchev–Trinajstić information content (AvgIpc) is 3.64. The Morgan fingerprint density at radius 1 is 1.19 bits per heavy atom. The Hall–Kier alpha value is -3.05. The average molecular weight is 513 g/mol. The van der Waals surface area contributed by atoms with E-state index in [0.29, 0.717) is 37.7 Å². The number of amides is 3. The zero-order valence-corrected chi connectivity index (χ0v) is 21.6. The Balaban J connectivity index is 1.50. The molecule has 6 atom stereocenters. The van der Waals surface area contributed by atoms with Crippen LogP contribution in [0.4, 0.5) is 0 Å². The van der Waals surface area contributed by atoms with Crippen LogP contribution >= 0.6 is 0 Å². The van der Waals surface area contributed by atoms with Gasteiger partial charge < -0.3 is 25.4 Å². The zero-order valence-electron chi connectivity index (χ0n) is 21.6. The molecule has 3 amide bonds. The third-order valence-corrected chi connectivity index (χ3v) is 8.60. The molecule has 11 heteroatoms. The third kappa shape index (κ3) is 3.73. The maximum absolute atomic E-state index is 14.0. The van der Waals surface area contributed by atoms with Gasteiger partial charge in [0, 0.05) is 6.54 Å². The van der Waals surface area contributed by atoms with Crippen molar-refractivity contribution in [3.8, 4) is 0 Å². The first-order valence-electron chi connectivity index (χ1n) is 13.3. The number of aromatic nitrogens is 3. The summed E-state index contributed by atoms with van der Waals surface area (Å²) in [5, 5.41) is 24.3. The zero-order chi connectivity index (χ0) is 26.4. The number of aliphatic hydroxyl groups is 1. The second-order valence-electron chi connectivity index (χ2n) is 10.4. The number of fused-ring (bicyclic) bond motifs is 2. The lowest BCUT2D eigenvalue weighted by molar-refractivity contribution is -0.151. The maximum atomic E-state index is 14.0. The molecule has 5 rings (SSSR count). The molecule has 1 aromatic carbocycles. The van der Waals surface area contributed by atoms with E-state index >= 15 is 0 Å². The molecular formula is C26H36N6O5. The first kappa shape index (κ1) is 25.6. The van der Waals surface area contributed by atoms with Gasteiger partial charge in [-0.25, -0.2) is 4.68 Å². The van der Waals surface area contributed by atoms with Gasteiger partial charge in [0.2, 0.25) is 17.7 Å². The molecule has 200 valence electrons. The molecule has 2 bridgehead atoms. The molecule has 4 heterocycles. The number of nitrogens with one attached hydrogen (secondary N) is 2. The normalized spacial score (nSPS) is 31.1. The van der Waals surface area contributed by atoms with Gasteiger partial charge in [0.15, 0.2) is 0 Å². The van der Waals surface area contributed by atoms with Gasteiger partial charge >= 0.3 is 0 Å². The molecular weight excluding hydrogens is 476 g/mol. The molecule has 37 heavy (non-hydrogen) atoms. The summed E-state index contributed by atoms with van der Waals surface area (Å²) in [5.41, 5.74) is -0.428. The van der Waals surface area contributed by atoms with Crippen LogP contribution in [0.25, 0.3) is 11.0 Å². The number of likely N-dealkylation sites (tertiary alicyclic amines) is 1. The fourth-order valence-electron chi connectivity index (χ4n) is 6.80. The molecule has 1 spiro atoms. The summed E-state index contributed by atoms with van der Waals surface area (Å²) < 4.78 is 8.31. The predicted octanol–water partition coefficient (Wildman–Crippen LogP) is 0.957. The number of rotatable bonds is 10. The van der Waals surface area contributed by atoms with Crippen molar-refractivity contribution < 1.29 is 24.2 Å². The molecule has 0 radical (unpaired) electrons. The molecule has 3 fully saturated rings. The second-order valence-corrected chi connectivity index (χ2v) is 10.4. The number of aliphatic hydroxyl groups excluding tert-OH is 1. The number of carbonyl (C=O) groups is 3.